The number of hydrogen-bond donors (Lipinski definition) is 6. The summed E-state index contributed by atoms with van der Waals surface area (Å²) in [5, 5.41) is 26.3. The number of hydrogen-bond acceptors (Lipinski definition) is 12. The predicted octanol–water partition coefficient (Wildman–Crippen LogP) is 1.88. The topological polar surface area (TPSA) is 200 Å². The summed E-state index contributed by atoms with van der Waals surface area (Å²) in [7, 11) is 1.95. The Labute approximate surface area is 260 Å². The molecule has 0 aliphatic heterocycles. The number of nitrogen functional groups attached to an aromatic ring is 1. The maximum Gasteiger partial charge on any atom is 0.294 e. The molecule has 1 rings (SSSR count). The standard InChI is InChI=1S/C29H53N7O8/c1-24(37)32-10-14-41-18-19-42-15-11-33-26-23-27(28(36(39)40)22-25(26)30)34-12-16-43-20-21-44-17-13-35-29(38)8-6-4-3-5-7-9-31-2/h22-23,31,33-34H,3-21,30H2,1-2H3,(H,32,37)(H,35,38). The molecule has 0 unspecified atom stereocenters. The van der Waals surface area contributed by atoms with Crippen LogP contribution >= 0.6 is 0 Å². The first-order valence-electron chi connectivity index (χ1n) is 15.4. The molecule has 44 heavy (non-hydrogen) atoms. The van der Waals surface area contributed by atoms with Gasteiger partial charge in [-0.1, -0.05) is 19.3 Å². The van der Waals surface area contributed by atoms with Crippen LogP contribution in [0.25, 0.3) is 0 Å². The highest BCUT2D eigenvalue weighted by atomic mass is 16.6. The van der Waals surface area contributed by atoms with Gasteiger partial charge in [-0.05, 0) is 32.5 Å². The van der Waals surface area contributed by atoms with Crippen molar-refractivity contribution in [2.45, 2.75) is 45.4 Å². The van der Waals surface area contributed by atoms with Crippen LogP contribution in [-0.4, -0.2) is 109 Å². The molecule has 0 atom stereocenters. The molecule has 252 valence electrons. The first-order chi connectivity index (χ1) is 21.3. The third-order valence-electron chi connectivity index (χ3n) is 6.25. The Morgan fingerprint density at radius 3 is 1.82 bits per heavy atom. The normalized spacial score (nSPS) is 10.9. The van der Waals surface area contributed by atoms with E-state index in [0.717, 1.165) is 25.8 Å². The Kier molecular flexibility index (Phi) is 23.1. The Hall–Kier alpha value is -3.24. The molecule has 0 heterocycles. The molecule has 0 aromatic heterocycles. The number of carbonyl (C=O) groups excluding carboxylic acids is 2. The lowest BCUT2D eigenvalue weighted by Crippen LogP contribution is -2.27. The van der Waals surface area contributed by atoms with E-state index < -0.39 is 4.92 Å². The number of nitrogens with two attached hydrogens (primary N) is 1. The fourth-order valence-corrected chi connectivity index (χ4v) is 3.98. The number of benzene rings is 1. The molecule has 0 spiro atoms. The number of nitrogens with zero attached hydrogens (tertiary/aromatic N) is 1. The number of ether oxygens (including phenoxy) is 4. The molecule has 7 N–H and O–H groups in total. The second kappa shape index (κ2) is 26.2. The average molecular weight is 628 g/mol. The highest BCUT2D eigenvalue weighted by molar-refractivity contribution is 5.79. The molecule has 2 amide bonds. The third-order valence-corrected chi connectivity index (χ3v) is 6.25. The third kappa shape index (κ3) is 20.6. The summed E-state index contributed by atoms with van der Waals surface area (Å²) in [5.41, 5.74) is 7.01. The largest absolute Gasteiger partial charge is 0.397 e. The molecule has 15 heteroatoms. The predicted molar refractivity (Wildman–Crippen MR) is 171 cm³/mol. The molecule has 0 saturated heterocycles. The van der Waals surface area contributed by atoms with E-state index in [0.29, 0.717) is 96.8 Å². The maximum absolute atomic E-state index is 11.9. The van der Waals surface area contributed by atoms with Crippen LogP contribution < -0.4 is 32.3 Å². The first-order valence-corrected chi connectivity index (χ1v) is 15.4. The Morgan fingerprint density at radius 2 is 1.25 bits per heavy atom. The lowest BCUT2D eigenvalue weighted by atomic mass is 10.1. The van der Waals surface area contributed by atoms with Gasteiger partial charge in [0.05, 0.1) is 69.2 Å². The lowest BCUT2D eigenvalue weighted by molar-refractivity contribution is -0.383. The summed E-state index contributed by atoms with van der Waals surface area (Å²) < 4.78 is 21.9. The number of carbonyl (C=O) groups is 2. The van der Waals surface area contributed by atoms with Crippen molar-refractivity contribution in [2.75, 3.05) is 109 Å². The van der Waals surface area contributed by atoms with Gasteiger partial charge in [0.25, 0.3) is 5.69 Å². The fraction of sp³-hybridized carbons (Fsp3) is 0.724. The van der Waals surface area contributed by atoms with E-state index in [1.807, 2.05) is 7.05 Å². The zero-order valence-corrected chi connectivity index (χ0v) is 26.4. The molecular formula is C29H53N7O8. The van der Waals surface area contributed by atoms with Gasteiger partial charge in [-0.15, -0.1) is 0 Å². The minimum atomic E-state index is -0.489. The van der Waals surface area contributed by atoms with Crippen molar-refractivity contribution in [2.24, 2.45) is 0 Å². The number of nitrogens with one attached hydrogen (secondary N) is 5. The summed E-state index contributed by atoms with van der Waals surface area (Å²) in [6.45, 7) is 7.24. The van der Waals surface area contributed by atoms with Crippen LogP contribution in [-0.2, 0) is 28.5 Å². The minimum Gasteiger partial charge on any atom is -0.397 e. The van der Waals surface area contributed by atoms with Crippen molar-refractivity contribution in [3.63, 3.8) is 0 Å². The second-order valence-corrected chi connectivity index (χ2v) is 9.97. The summed E-state index contributed by atoms with van der Waals surface area (Å²) >= 11 is 0. The molecule has 0 radical (unpaired) electrons. The molecular weight excluding hydrogens is 574 g/mol. The first kappa shape index (κ1) is 38.8. The van der Waals surface area contributed by atoms with Crippen molar-refractivity contribution >= 4 is 34.6 Å². The van der Waals surface area contributed by atoms with Crippen molar-refractivity contribution in [3.05, 3.63) is 22.2 Å². The smallest absolute Gasteiger partial charge is 0.294 e. The number of amides is 2. The van der Waals surface area contributed by atoms with E-state index in [1.165, 1.54) is 25.8 Å². The second-order valence-electron chi connectivity index (χ2n) is 9.97. The number of rotatable bonds is 29. The highest BCUT2D eigenvalue weighted by Crippen LogP contribution is 2.32. The van der Waals surface area contributed by atoms with Gasteiger partial charge in [-0.2, -0.15) is 0 Å². The van der Waals surface area contributed by atoms with E-state index in [2.05, 4.69) is 26.6 Å². The zero-order chi connectivity index (χ0) is 32.3. The molecule has 0 aliphatic carbocycles. The van der Waals surface area contributed by atoms with Crippen molar-refractivity contribution in [1.29, 1.82) is 0 Å². The maximum atomic E-state index is 11.9. The van der Waals surface area contributed by atoms with E-state index in [1.54, 1.807) is 6.07 Å². The van der Waals surface area contributed by atoms with Gasteiger partial charge < -0.3 is 51.3 Å². The van der Waals surface area contributed by atoms with Crippen LogP contribution in [0, 0.1) is 10.1 Å². The molecule has 15 nitrogen and oxygen atoms in total. The van der Waals surface area contributed by atoms with Crippen molar-refractivity contribution in [3.8, 4) is 0 Å². The van der Waals surface area contributed by atoms with Gasteiger partial charge in [0.1, 0.15) is 5.69 Å². The average Bonchev–Trinajstić information content (AvgIpc) is 2.99. The van der Waals surface area contributed by atoms with E-state index in [-0.39, 0.29) is 23.2 Å². The van der Waals surface area contributed by atoms with Crippen LogP contribution in [0.3, 0.4) is 0 Å². The molecule has 0 bridgehead atoms. The minimum absolute atomic E-state index is 0.0486. The van der Waals surface area contributed by atoms with Gasteiger partial charge in [-0.25, -0.2) is 0 Å². The number of anilines is 3. The van der Waals surface area contributed by atoms with Crippen LogP contribution in [0.2, 0.25) is 0 Å². The van der Waals surface area contributed by atoms with Gasteiger partial charge in [0, 0.05) is 45.6 Å². The quantitative estimate of drug-likeness (QED) is 0.0327. The number of nitro benzene ring substituents is 1. The zero-order valence-electron chi connectivity index (χ0n) is 26.4. The fourth-order valence-electron chi connectivity index (χ4n) is 3.98. The van der Waals surface area contributed by atoms with Gasteiger partial charge in [0.2, 0.25) is 11.8 Å². The van der Waals surface area contributed by atoms with Crippen LogP contribution in [0.1, 0.15) is 45.4 Å². The van der Waals surface area contributed by atoms with E-state index in [4.69, 9.17) is 24.7 Å². The summed E-state index contributed by atoms with van der Waals surface area (Å²) in [5.74, 6) is -0.0514. The monoisotopic (exact) mass is 627 g/mol. The Bertz CT molecular complexity index is 939. The summed E-state index contributed by atoms with van der Waals surface area (Å²) in [6.07, 6.45) is 6.03. The number of unbranched alkanes of at least 4 members (excludes halogenated alkanes) is 4. The highest BCUT2D eigenvalue weighted by Gasteiger charge is 2.17. The molecule has 1 aromatic carbocycles. The van der Waals surface area contributed by atoms with Crippen LogP contribution in [0.15, 0.2) is 12.1 Å². The lowest BCUT2D eigenvalue weighted by Gasteiger charge is -2.14. The van der Waals surface area contributed by atoms with Crippen molar-refractivity contribution < 1.29 is 33.5 Å². The van der Waals surface area contributed by atoms with Crippen molar-refractivity contribution in [1.82, 2.24) is 16.0 Å². The summed E-state index contributed by atoms with van der Waals surface area (Å²) in [6, 6.07) is 2.91. The summed E-state index contributed by atoms with van der Waals surface area (Å²) in [4.78, 5) is 33.7. The molecule has 0 aliphatic rings. The van der Waals surface area contributed by atoms with Gasteiger partial charge in [-0.3, -0.25) is 19.7 Å². The van der Waals surface area contributed by atoms with E-state index in [9.17, 15) is 19.7 Å². The van der Waals surface area contributed by atoms with Gasteiger partial charge in [0.15, 0.2) is 0 Å². The van der Waals surface area contributed by atoms with Gasteiger partial charge >= 0.3 is 0 Å². The Balaban J connectivity index is 2.16. The van der Waals surface area contributed by atoms with Crippen LogP contribution in [0.4, 0.5) is 22.7 Å². The SMILES string of the molecule is CNCCCCCCCC(=O)NCCOCCOCCNc1cc(NCCOCCOCCNC(C)=O)c(N)cc1[N+](=O)[O-]. The van der Waals surface area contributed by atoms with Crippen LogP contribution in [0.5, 0.6) is 0 Å². The van der Waals surface area contributed by atoms with E-state index >= 15 is 0 Å². The number of nitro groups is 1. The molecule has 0 saturated carbocycles. The molecule has 1 aromatic rings. The Morgan fingerprint density at radius 1 is 0.727 bits per heavy atom. The molecule has 0 fully saturated rings.